The number of aromatic nitrogens is 1. The molecule has 0 amide bonds. The minimum atomic E-state index is 0.268. The van der Waals surface area contributed by atoms with Gasteiger partial charge in [-0.25, -0.2) is 4.98 Å². The van der Waals surface area contributed by atoms with Crippen molar-refractivity contribution in [3.05, 3.63) is 23.9 Å². The topological polar surface area (TPSA) is 37.4 Å². The molecule has 0 aromatic carbocycles. The van der Waals surface area contributed by atoms with Gasteiger partial charge >= 0.3 is 0 Å². The van der Waals surface area contributed by atoms with E-state index in [-0.39, 0.29) is 6.10 Å². The number of ether oxygens (including phenoxy) is 1. The molecule has 0 bridgehead atoms. The molecule has 2 rings (SSSR count). The van der Waals surface area contributed by atoms with E-state index in [0.29, 0.717) is 12.0 Å². The highest BCUT2D eigenvalue weighted by Gasteiger charge is 2.25. The first-order valence-electron chi connectivity index (χ1n) is 7.60. The van der Waals surface area contributed by atoms with E-state index in [2.05, 4.69) is 49.0 Å². The molecule has 1 aromatic rings. The van der Waals surface area contributed by atoms with Crippen molar-refractivity contribution in [2.75, 3.05) is 24.6 Å². The van der Waals surface area contributed by atoms with Gasteiger partial charge in [0.25, 0.3) is 0 Å². The molecule has 1 aromatic heterocycles. The quantitative estimate of drug-likeness (QED) is 0.897. The minimum Gasteiger partial charge on any atom is -0.375 e. The molecule has 0 radical (unpaired) electrons. The molecule has 0 spiro atoms. The van der Waals surface area contributed by atoms with Crippen LogP contribution in [0.2, 0.25) is 0 Å². The van der Waals surface area contributed by atoms with Gasteiger partial charge < -0.3 is 15.0 Å². The molecular weight excluding hydrogens is 250 g/mol. The van der Waals surface area contributed by atoms with E-state index >= 15 is 0 Å². The Hall–Kier alpha value is -1.13. The third-order valence-corrected chi connectivity index (χ3v) is 3.62. The minimum absolute atomic E-state index is 0.268. The maximum Gasteiger partial charge on any atom is 0.133 e. The van der Waals surface area contributed by atoms with Gasteiger partial charge in [0.15, 0.2) is 0 Å². The fourth-order valence-corrected chi connectivity index (χ4v) is 2.52. The van der Waals surface area contributed by atoms with Crippen LogP contribution >= 0.6 is 0 Å². The lowest BCUT2D eigenvalue weighted by molar-refractivity contribution is 0.0340. The molecular formula is C16H27N3O. The maximum atomic E-state index is 5.71. The second-order valence-corrected chi connectivity index (χ2v) is 6.16. The molecule has 4 heteroatoms. The molecule has 1 N–H and O–H groups in total. The van der Waals surface area contributed by atoms with Crippen molar-refractivity contribution in [1.82, 2.24) is 10.3 Å². The van der Waals surface area contributed by atoms with Crippen LogP contribution in [-0.4, -0.2) is 36.8 Å². The van der Waals surface area contributed by atoms with E-state index in [9.17, 15) is 0 Å². The zero-order valence-electron chi connectivity index (χ0n) is 13.1. The number of morpholine rings is 1. The van der Waals surface area contributed by atoms with E-state index in [1.54, 1.807) is 0 Å². The number of nitrogens with zero attached hydrogens (tertiary/aromatic N) is 2. The van der Waals surface area contributed by atoms with Crippen molar-refractivity contribution >= 4 is 5.82 Å². The normalized spacial score (nSPS) is 23.4. The highest BCUT2D eigenvalue weighted by atomic mass is 16.5. The second-order valence-electron chi connectivity index (χ2n) is 6.16. The van der Waals surface area contributed by atoms with Gasteiger partial charge in [-0.15, -0.1) is 0 Å². The van der Waals surface area contributed by atoms with Gasteiger partial charge in [-0.05, 0) is 32.4 Å². The van der Waals surface area contributed by atoms with Crippen molar-refractivity contribution in [2.24, 2.45) is 5.92 Å². The van der Waals surface area contributed by atoms with Crippen molar-refractivity contribution in [2.45, 2.75) is 46.4 Å². The zero-order valence-corrected chi connectivity index (χ0v) is 13.1. The van der Waals surface area contributed by atoms with Crippen LogP contribution in [0.25, 0.3) is 0 Å². The standard InChI is InChI=1S/C16H27N3O/c1-12(2)8-17-9-15-6-5-7-18-16(15)19-10-14(4)20-11-13(19)3/h5-7,12-14,17H,8-11H2,1-4H3. The Labute approximate surface area is 122 Å². The largest absolute Gasteiger partial charge is 0.375 e. The predicted octanol–water partition coefficient (Wildman–Crippen LogP) is 2.44. The van der Waals surface area contributed by atoms with Crippen LogP contribution in [0.4, 0.5) is 5.82 Å². The first kappa shape index (κ1) is 15.3. The molecule has 112 valence electrons. The summed E-state index contributed by atoms with van der Waals surface area (Å²) in [5.41, 5.74) is 1.27. The summed E-state index contributed by atoms with van der Waals surface area (Å²) in [6.45, 7) is 12.4. The third-order valence-electron chi connectivity index (χ3n) is 3.62. The van der Waals surface area contributed by atoms with E-state index in [0.717, 1.165) is 32.1 Å². The Balaban J connectivity index is 2.10. The van der Waals surface area contributed by atoms with Crippen molar-refractivity contribution < 1.29 is 4.74 Å². The molecule has 0 aliphatic carbocycles. The molecule has 2 unspecified atom stereocenters. The van der Waals surface area contributed by atoms with Gasteiger partial charge in [0.05, 0.1) is 18.8 Å². The summed E-state index contributed by atoms with van der Waals surface area (Å²) < 4.78 is 5.71. The Morgan fingerprint density at radius 1 is 1.45 bits per heavy atom. The lowest BCUT2D eigenvalue weighted by Gasteiger charge is -2.38. The Morgan fingerprint density at radius 2 is 2.25 bits per heavy atom. The molecule has 1 aliphatic heterocycles. The number of nitrogens with one attached hydrogen (secondary N) is 1. The Kier molecular flexibility index (Phi) is 5.38. The van der Waals surface area contributed by atoms with E-state index in [1.165, 1.54) is 5.56 Å². The number of anilines is 1. The van der Waals surface area contributed by atoms with Crippen LogP contribution < -0.4 is 10.2 Å². The summed E-state index contributed by atoms with van der Waals surface area (Å²) in [6.07, 6.45) is 2.15. The van der Waals surface area contributed by atoms with E-state index < -0.39 is 0 Å². The lowest BCUT2D eigenvalue weighted by Crippen LogP contribution is -2.48. The molecule has 1 fully saturated rings. The van der Waals surface area contributed by atoms with Crippen LogP contribution in [-0.2, 0) is 11.3 Å². The van der Waals surface area contributed by atoms with E-state index in [4.69, 9.17) is 4.74 Å². The molecule has 2 atom stereocenters. The van der Waals surface area contributed by atoms with Crippen molar-refractivity contribution in [1.29, 1.82) is 0 Å². The van der Waals surface area contributed by atoms with Crippen LogP contribution in [0, 0.1) is 5.92 Å². The summed E-state index contributed by atoms with van der Waals surface area (Å²) in [4.78, 5) is 6.99. The first-order valence-corrected chi connectivity index (χ1v) is 7.60. The van der Waals surface area contributed by atoms with Gasteiger partial charge in [-0.2, -0.15) is 0 Å². The molecule has 2 heterocycles. The van der Waals surface area contributed by atoms with Gasteiger partial charge in [-0.1, -0.05) is 19.9 Å². The third kappa shape index (κ3) is 3.93. The SMILES string of the molecule is CC(C)CNCc1cccnc1N1CC(C)OCC1C. The fraction of sp³-hybridized carbons (Fsp3) is 0.688. The summed E-state index contributed by atoms with van der Waals surface area (Å²) >= 11 is 0. The number of hydrogen-bond acceptors (Lipinski definition) is 4. The molecule has 20 heavy (non-hydrogen) atoms. The van der Waals surface area contributed by atoms with Gasteiger partial charge in [0, 0.05) is 24.8 Å². The predicted molar refractivity (Wildman–Crippen MR) is 83.0 cm³/mol. The monoisotopic (exact) mass is 277 g/mol. The molecule has 0 saturated carbocycles. The molecule has 4 nitrogen and oxygen atoms in total. The number of rotatable bonds is 5. The second kappa shape index (κ2) is 7.04. The van der Waals surface area contributed by atoms with Gasteiger partial charge in [0.1, 0.15) is 5.82 Å². The Bertz CT molecular complexity index is 422. The smallest absolute Gasteiger partial charge is 0.133 e. The average molecular weight is 277 g/mol. The van der Waals surface area contributed by atoms with E-state index in [1.807, 2.05) is 12.3 Å². The van der Waals surface area contributed by atoms with Crippen molar-refractivity contribution in [3.63, 3.8) is 0 Å². The van der Waals surface area contributed by atoms with Crippen LogP contribution in [0.15, 0.2) is 18.3 Å². The summed E-state index contributed by atoms with van der Waals surface area (Å²) in [7, 11) is 0. The maximum absolute atomic E-state index is 5.71. The first-order chi connectivity index (χ1) is 9.58. The number of hydrogen-bond donors (Lipinski definition) is 1. The molecule has 1 aliphatic rings. The van der Waals surface area contributed by atoms with Gasteiger partial charge in [-0.3, -0.25) is 0 Å². The summed E-state index contributed by atoms with van der Waals surface area (Å²) in [5, 5.41) is 3.51. The average Bonchev–Trinajstić information content (AvgIpc) is 2.42. The van der Waals surface area contributed by atoms with Crippen LogP contribution in [0.1, 0.15) is 33.3 Å². The lowest BCUT2D eigenvalue weighted by atomic mass is 10.1. The summed E-state index contributed by atoms with van der Waals surface area (Å²) in [6, 6.07) is 4.57. The zero-order chi connectivity index (χ0) is 14.5. The van der Waals surface area contributed by atoms with Crippen LogP contribution in [0.5, 0.6) is 0 Å². The number of pyridine rings is 1. The highest BCUT2D eigenvalue weighted by Crippen LogP contribution is 2.23. The molecule has 1 saturated heterocycles. The fourth-order valence-electron chi connectivity index (χ4n) is 2.52. The van der Waals surface area contributed by atoms with Gasteiger partial charge in [0.2, 0.25) is 0 Å². The summed E-state index contributed by atoms with van der Waals surface area (Å²) in [5.74, 6) is 1.77. The highest BCUT2D eigenvalue weighted by molar-refractivity contribution is 5.48. The van der Waals surface area contributed by atoms with Crippen molar-refractivity contribution in [3.8, 4) is 0 Å². The Morgan fingerprint density at radius 3 is 3.00 bits per heavy atom. The van der Waals surface area contributed by atoms with Crippen LogP contribution in [0.3, 0.4) is 0 Å².